The van der Waals surface area contributed by atoms with Crippen LogP contribution in [0.25, 0.3) is 11.5 Å². The molecule has 2 heterocycles. The summed E-state index contributed by atoms with van der Waals surface area (Å²) in [6, 6.07) is 14.6. The molecule has 1 fully saturated rings. The normalized spacial score (nSPS) is 14.9. The molecule has 1 aromatic heterocycles. The van der Waals surface area contributed by atoms with Gasteiger partial charge in [-0.25, -0.2) is 8.42 Å². The molecule has 0 aliphatic carbocycles. The van der Waals surface area contributed by atoms with Crippen LogP contribution in [0.2, 0.25) is 0 Å². The van der Waals surface area contributed by atoms with E-state index in [1.54, 1.807) is 12.1 Å². The summed E-state index contributed by atoms with van der Waals surface area (Å²) in [4.78, 5) is 6.56. The lowest BCUT2D eigenvalue weighted by Gasteiger charge is -2.26. The Kier molecular flexibility index (Phi) is 5.43. The largest absolute Gasteiger partial charge is 0.419 e. The zero-order chi connectivity index (χ0) is 20.4. The molecule has 0 unspecified atom stereocenters. The van der Waals surface area contributed by atoms with Gasteiger partial charge in [0.1, 0.15) is 0 Å². The minimum absolute atomic E-state index is 0.0415. The molecule has 0 spiro atoms. The molecule has 0 N–H and O–H groups in total. The van der Waals surface area contributed by atoms with Crippen LogP contribution >= 0.6 is 0 Å². The van der Waals surface area contributed by atoms with Crippen LogP contribution in [0.15, 0.2) is 62.9 Å². The highest BCUT2D eigenvalue weighted by Crippen LogP contribution is 2.35. The van der Waals surface area contributed by atoms with E-state index in [2.05, 4.69) is 4.98 Å². The molecule has 1 aliphatic rings. The minimum Gasteiger partial charge on any atom is -0.419 e. The quantitative estimate of drug-likeness (QED) is 0.633. The molecular formula is C22H24N2O4S. The molecule has 152 valence electrons. The maximum atomic E-state index is 13.4. The van der Waals surface area contributed by atoms with Crippen LogP contribution in [-0.2, 0) is 21.0 Å². The van der Waals surface area contributed by atoms with Crippen molar-refractivity contribution in [1.82, 2.24) is 4.98 Å². The Bertz CT molecular complexity index is 1100. The highest BCUT2D eigenvalue weighted by molar-refractivity contribution is 7.91. The zero-order valence-electron chi connectivity index (χ0n) is 16.6. The number of aryl methyl sites for hydroxylation is 2. The molecule has 4 rings (SSSR count). The van der Waals surface area contributed by atoms with Crippen LogP contribution in [-0.4, -0.2) is 39.7 Å². The van der Waals surface area contributed by atoms with E-state index < -0.39 is 9.84 Å². The number of aromatic nitrogens is 1. The Morgan fingerprint density at radius 2 is 1.79 bits per heavy atom. The first-order valence-corrected chi connectivity index (χ1v) is 11.2. The fraction of sp³-hybridized carbons (Fsp3) is 0.318. The van der Waals surface area contributed by atoms with E-state index in [0.717, 1.165) is 23.1 Å². The van der Waals surface area contributed by atoms with Crippen molar-refractivity contribution >= 4 is 15.7 Å². The van der Waals surface area contributed by atoms with Gasteiger partial charge in [-0.1, -0.05) is 36.8 Å². The fourth-order valence-electron chi connectivity index (χ4n) is 3.36. The molecule has 0 bridgehead atoms. The number of anilines is 1. The number of benzene rings is 2. The second-order valence-electron chi connectivity index (χ2n) is 7.10. The van der Waals surface area contributed by atoms with Crippen LogP contribution < -0.4 is 4.90 Å². The van der Waals surface area contributed by atoms with Gasteiger partial charge in [-0.05, 0) is 43.2 Å². The molecule has 2 aromatic carbocycles. The van der Waals surface area contributed by atoms with E-state index in [1.165, 1.54) is 0 Å². The molecule has 1 saturated heterocycles. The highest BCUT2D eigenvalue weighted by Gasteiger charge is 2.32. The number of hydrogen-bond donors (Lipinski definition) is 0. The Balaban J connectivity index is 1.83. The molecule has 0 amide bonds. The molecule has 0 saturated carbocycles. The van der Waals surface area contributed by atoms with Crippen molar-refractivity contribution in [2.24, 2.45) is 0 Å². The van der Waals surface area contributed by atoms with Crippen molar-refractivity contribution in [1.29, 1.82) is 0 Å². The van der Waals surface area contributed by atoms with Crippen LogP contribution in [0.5, 0.6) is 0 Å². The van der Waals surface area contributed by atoms with Crippen molar-refractivity contribution in [2.45, 2.75) is 30.2 Å². The number of nitrogens with zero attached hydrogens (tertiary/aromatic N) is 2. The van der Waals surface area contributed by atoms with Gasteiger partial charge in [-0.2, -0.15) is 4.98 Å². The second-order valence-corrected chi connectivity index (χ2v) is 8.96. The maximum Gasteiger partial charge on any atom is 0.236 e. The minimum atomic E-state index is -3.83. The Morgan fingerprint density at radius 1 is 1.07 bits per heavy atom. The van der Waals surface area contributed by atoms with Gasteiger partial charge >= 0.3 is 0 Å². The van der Waals surface area contributed by atoms with E-state index in [9.17, 15) is 8.42 Å². The summed E-state index contributed by atoms with van der Waals surface area (Å²) in [5, 5.41) is -0.0415. The lowest BCUT2D eigenvalue weighted by Crippen LogP contribution is -2.36. The smallest absolute Gasteiger partial charge is 0.236 e. The molecular weight excluding hydrogens is 388 g/mol. The van der Waals surface area contributed by atoms with Gasteiger partial charge in [0.15, 0.2) is 0 Å². The molecule has 0 radical (unpaired) electrons. The first-order chi connectivity index (χ1) is 14.0. The third kappa shape index (κ3) is 3.93. The van der Waals surface area contributed by atoms with Crippen LogP contribution in [0, 0.1) is 6.92 Å². The first kappa shape index (κ1) is 19.7. The van der Waals surface area contributed by atoms with Gasteiger partial charge in [0.25, 0.3) is 0 Å². The Morgan fingerprint density at radius 3 is 2.45 bits per heavy atom. The lowest BCUT2D eigenvalue weighted by molar-refractivity contribution is 0.120. The second kappa shape index (κ2) is 8.00. The van der Waals surface area contributed by atoms with Crippen molar-refractivity contribution in [2.75, 3.05) is 31.2 Å². The molecule has 0 atom stereocenters. The molecule has 1 aliphatic heterocycles. The number of morpholine rings is 1. The van der Waals surface area contributed by atoms with Crippen molar-refractivity contribution in [3.63, 3.8) is 0 Å². The van der Waals surface area contributed by atoms with Gasteiger partial charge in [-0.15, -0.1) is 0 Å². The third-order valence-corrected chi connectivity index (χ3v) is 6.71. The third-order valence-electron chi connectivity index (χ3n) is 5.04. The van der Waals surface area contributed by atoms with E-state index in [-0.39, 0.29) is 15.8 Å². The highest BCUT2D eigenvalue weighted by atomic mass is 32.2. The molecule has 3 aromatic rings. The predicted octanol–water partition coefficient (Wildman–Crippen LogP) is 3.88. The van der Waals surface area contributed by atoms with Crippen molar-refractivity contribution in [3.8, 4) is 11.5 Å². The maximum absolute atomic E-state index is 13.4. The van der Waals surface area contributed by atoms with E-state index in [0.29, 0.717) is 32.2 Å². The lowest BCUT2D eigenvalue weighted by atomic mass is 10.1. The summed E-state index contributed by atoms with van der Waals surface area (Å²) in [5.41, 5.74) is 2.88. The van der Waals surface area contributed by atoms with E-state index in [4.69, 9.17) is 9.15 Å². The standard InChI is InChI=1S/C22H24N2O4S/c1-3-17-7-9-19(10-8-17)29(25,26)21-22(24-11-13-27-14-12-24)28-20(23-21)18-6-4-5-16(2)15-18/h4-10,15H,3,11-14H2,1-2H3. The van der Waals surface area contributed by atoms with E-state index in [1.807, 2.05) is 55.1 Å². The van der Waals surface area contributed by atoms with Crippen LogP contribution in [0.1, 0.15) is 18.1 Å². The average molecular weight is 413 g/mol. The monoisotopic (exact) mass is 412 g/mol. The number of rotatable bonds is 5. The summed E-state index contributed by atoms with van der Waals surface area (Å²) in [7, 11) is -3.83. The molecule has 6 nitrogen and oxygen atoms in total. The van der Waals surface area contributed by atoms with Gasteiger partial charge < -0.3 is 14.1 Å². The average Bonchev–Trinajstić information content (AvgIpc) is 3.21. The van der Waals surface area contributed by atoms with Crippen LogP contribution in [0.4, 0.5) is 5.88 Å². The van der Waals surface area contributed by atoms with Gasteiger partial charge in [0, 0.05) is 18.7 Å². The Labute approximate surface area is 171 Å². The number of ether oxygens (including phenoxy) is 1. The van der Waals surface area contributed by atoms with Gasteiger partial charge in [0.2, 0.25) is 26.6 Å². The summed E-state index contributed by atoms with van der Waals surface area (Å²) in [6.45, 7) is 6.16. The number of sulfone groups is 1. The van der Waals surface area contributed by atoms with Crippen LogP contribution in [0.3, 0.4) is 0 Å². The molecule has 7 heteroatoms. The van der Waals surface area contributed by atoms with E-state index >= 15 is 0 Å². The first-order valence-electron chi connectivity index (χ1n) is 9.73. The summed E-state index contributed by atoms with van der Waals surface area (Å²) >= 11 is 0. The summed E-state index contributed by atoms with van der Waals surface area (Å²) in [6.07, 6.45) is 0.848. The topological polar surface area (TPSA) is 72.6 Å². The van der Waals surface area contributed by atoms with Gasteiger partial charge in [0.05, 0.1) is 18.1 Å². The summed E-state index contributed by atoms with van der Waals surface area (Å²) in [5.74, 6) is 0.586. The SMILES string of the molecule is CCc1ccc(S(=O)(=O)c2nc(-c3cccc(C)c3)oc2N2CCOCC2)cc1. The predicted molar refractivity (Wildman–Crippen MR) is 111 cm³/mol. The number of hydrogen-bond acceptors (Lipinski definition) is 6. The number of oxazole rings is 1. The Hall–Kier alpha value is -2.64. The van der Waals surface area contributed by atoms with Gasteiger partial charge in [-0.3, -0.25) is 0 Å². The van der Waals surface area contributed by atoms with Crippen molar-refractivity contribution in [3.05, 3.63) is 59.7 Å². The van der Waals surface area contributed by atoms with Crippen molar-refractivity contribution < 1.29 is 17.6 Å². The fourth-order valence-corrected chi connectivity index (χ4v) is 4.68. The zero-order valence-corrected chi connectivity index (χ0v) is 17.4. The molecule has 29 heavy (non-hydrogen) atoms. The summed E-state index contributed by atoms with van der Waals surface area (Å²) < 4.78 is 38.3.